The van der Waals surface area contributed by atoms with Gasteiger partial charge in [-0.2, -0.15) is 13.2 Å². The first-order valence-corrected chi connectivity index (χ1v) is 6.45. The molecule has 3 rings (SSSR count). The van der Waals surface area contributed by atoms with Crippen LogP contribution in [0.4, 0.5) is 18.9 Å². The van der Waals surface area contributed by atoms with E-state index in [1.54, 1.807) is 12.1 Å². The maximum atomic E-state index is 13.0. The highest BCUT2D eigenvalue weighted by Crippen LogP contribution is 2.58. The Morgan fingerprint density at radius 3 is 1.94 bits per heavy atom. The Balaban J connectivity index is 1.83. The molecule has 1 saturated heterocycles. The standard InChI is InChI=1S/C14H16F3N/c15-14(16,17)13(7-8-13)11-3-5-12(6-4-11)18-9-1-2-10-18/h3-6H,1-2,7-10H2. The first-order chi connectivity index (χ1) is 8.53. The van der Waals surface area contributed by atoms with Gasteiger partial charge in [0.1, 0.15) is 0 Å². The van der Waals surface area contributed by atoms with Crippen molar-refractivity contribution in [3.63, 3.8) is 0 Å². The molecule has 98 valence electrons. The van der Waals surface area contributed by atoms with E-state index in [2.05, 4.69) is 4.90 Å². The summed E-state index contributed by atoms with van der Waals surface area (Å²) >= 11 is 0. The summed E-state index contributed by atoms with van der Waals surface area (Å²) in [5.74, 6) is 0. The van der Waals surface area contributed by atoms with Gasteiger partial charge in [0, 0.05) is 18.8 Å². The predicted molar refractivity (Wildman–Crippen MR) is 64.9 cm³/mol. The summed E-state index contributed by atoms with van der Waals surface area (Å²) in [5.41, 5.74) is -0.0662. The third-order valence-electron chi connectivity index (χ3n) is 4.18. The number of anilines is 1. The first kappa shape index (κ1) is 11.9. The number of hydrogen-bond donors (Lipinski definition) is 0. The van der Waals surface area contributed by atoms with Crippen molar-refractivity contribution >= 4 is 5.69 Å². The Hall–Kier alpha value is -1.19. The lowest BCUT2D eigenvalue weighted by Gasteiger charge is -2.22. The average Bonchev–Trinajstić information content (AvgIpc) is 2.99. The van der Waals surface area contributed by atoms with Gasteiger partial charge in [0.05, 0.1) is 5.41 Å². The number of rotatable bonds is 2. The smallest absolute Gasteiger partial charge is 0.372 e. The summed E-state index contributed by atoms with van der Waals surface area (Å²) < 4.78 is 38.9. The molecule has 0 bridgehead atoms. The van der Waals surface area contributed by atoms with Crippen molar-refractivity contribution in [1.29, 1.82) is 0 Å². The van der Waals surface area contributed by atoms with Crippen LogP contribution >= 0.6 is 0 Å². The van der Waals surface area contributed by atoms with E-state index in [9.17, 15) is 13.2 Å². The SMILES string of the molecule is FC(F)(F)C1(c2ccc(N3CCCC3)cc2)CC1. The zero-order valence-corrected chi connectivity index (χ0v) is 10.1. The lowest BCUT2D eigenvalue weighted by molar-refractivity contribution is -0.160. The predicted octanol–water partition coefficient (Wildman–Crippen LogP) is 3.88. The molecule has 4 heteroatoms. The largest absolute Gasteiger partial charge is 0.398 e. The molecule has 2 fully saturated rings. The van der Waals surface area contributed by atoms with E-state index in [1.807, 2.05) is 12.1 Å². The van der Waals surface area contributed by atoms with E-state index in [0.717, 1.165) is 18.8 Å². The van der Waals surface area contributed by atoms with Crippen molar-refractivity contribution < 1.29 is 13.2 Å². The molecule has 0 atom stereocenters. The normalized spacial score (nSPS) is 22.3. The van der Waals surface area contributed by atoms with E-state index in [4.69, 9.17) is 0 Å². The van der Waals surface area contributed by atoms with Crippen LogP contribution in [0.2, 0.25) is 0 Å². The summed E-state index contributed by atoms with van der Waals surface area (Å²) in [4.78, 5) is 2.23. The second kappa shape index (κ2) is 3.90. The number of nitrogens with zero attached hydrogens (tertiary/aromatic N) is 1. The summed E-state index contributed by atoms with van der Waals surface area (Å²) in [5, 5.41) is 0. The van der Waals surface area contributed by atoms with Crippen LogP contribution in [0.1, 0.15) is 31.2 Å². The van der Waals surface area contributed by atoms with Crippen LogP contribution in [0.5, 0.6) is 0 Å². The average molecular weight is 255 g/mol. The Labute approximate surface area is 105 Å². The number of hydrogen-bond acceptors (Lipinski definition) is 1. The van der Waals surface area contributed by atoms with Gasteiger partial charge >= 0.3 is 6.18 Å². The minimum absolute atomic E-state index is 0.236. The van der Waals surface area contributed by atoms with E-state index in [-0.39, 0.29) is 12.8 Å². The molecule has 1 nitrogen and oxygen atoms in total. The Morgan fingerprint density at radius 2 is 1.50 bits per heavy atom. The zero-order chi connectivity index (χ0) is 12.8. The van der Waals surface area contributed by atoms with Gasteiger partial charge in [0.2, 0.25) is 0 Å². The molecule has 0 radical (unpaired) electrons. The first-order valence-electron chi connectivity index (χ1n) is 6.45. The maximum Gasteiger partial charge on any atom is 0.398 e. The van der Waals surface area contributed by atoms with Crippen molar-refractivity contribution in [2.24, 2.45) is 0 Å². The summed E-state index contributed by atoms with van der Waals surface area (Å²) in [7, 11) is 0. The van der Waals surface area contributed by atoms with Crippen LogP contribution in [0, 0.1) is 0 Å². The molecular formula is C14H16F3N. The van der Waals surface area contributed by atoms with Crippen LogP contribution in [0.3, 0.4) is 0 Å². The van der Waals surface area contributed by atoms with Crippen molar-refractivity contribution in [1.82, 2.24) is 0 Å². The molecule has 0 N–H and O–H groups in total. The number of halogens is 3. The van der Waals surface area contributed by atoms with E-state index in [0.29, 0.717) is 5.56 Å². The molecule has 0 spiro atoms. The summed E-state index contributed by atoms with van der Waals surface area (Å²) in [6.07, 6.45) is -1.29. The molecule has 1 aliphatic carbocycles. The Morgan fingerprint density at radius 1 is 0.944 bits per heavy atom. The fourth-order valence-corrected chi connectivity index (χ4v) is 2.83. The monoisotopic (exact) mass is 255 g/mol. The van der Waals surface area contributed by atoms with Gasteiger partial charge in [-0.25, -0.2) is 0 Å². The molecule has 0 aromatic heterocycles. The molecule has 1 aromatic carbocycles. The molecule has 1 saturated carbocycles. The van der Waals surface area contributed by atoms with Crippen LogP contribution in [0.15, 0.2) is 24.3 Å². The maximum absolute atomic E-state index is 13.0. The molecule has 1 aliphatic heterocycles. The van der Waals surface area contributed by atoms with Gasteiger partial charge in [-0.05, 0) is 43.4 Å². The highest BCUT2D eigenvalue weighted by molar-refractivity contribution is 5.50. The van der Waals surface area contributed by atoms with Crippen molar-refractivity contribution in [3.8, 4) is 0 Å². The highest BCUT2D eigenvalue weighted by Gasteiger charge is 2.64. The molecule has 18 heavy (non-hydrogen) atoms. The third-order valence-corrected chi connectivity index (χ3v) is 4.18. The van der Waals surface area contributed by atoms with Gasteiger partial charge in [-0.1, -0.05) is 12.1 Å². The fourth-order valence-electron chi connectivity index (χ4n) is 2.83. The lowest BCUT2D eigenvalue weighted by Crippen LogP contribution is -2.28. The van der Waals surface area contributed by atoms with Crippen LogP contribution in [0.25, 0.3) is 0 Å². The van der Waals surface area contributed by atoms with Crippen molar-refractivity contribution in [2.45, 2.75) is 37.3 Å². The number of benzene rings is 1. The highest BCUT2D eigenvalue weighted by atomic mass is 19.4. The van der Waals surface area contributed by atoms with Crippen LogP contribution < -0.4 is 4.90 Å². The minimum Gasteiger partial charge on any atom is -0.372 e. The van der Waals surface area contributed by atoms with Crippen LogP contribution in [-0.2, 0) is 5.41 Å². The second-order valence-electron chi connectivity index (χ2n) is 5.32. The molecule has 0 amide bonds. The molecule has 2 aliphatic rings. The van der Waals surface area contributed by atoms with Gasteiger partial charge in [-0.15, -0.1) is 0 Å². The van der Waals surface area contributed by atoms with Gasteiger partial charge in [0.25, 0.3) is 0 Å². The van der Waals surface area contributed by atoms with Gasteiger partial charge < -0.3 is 4.90 Å². The fraction of sp³-hybridized carbons (Fsp3) is 0.571. The third kappa shape index (κ3) is 1.78. The van der Waals surface area contributed by atoms with E-state index < -0.39 is 11.6 Å². The van der Waals surface area contributed by atoms with E-state index >= 15 is 0 Å². The Bertz CT molecular complexity index is 425. The van der Waals surface area contributed by atoms with Crippen molar-refractivity contribution in [2.75, 3.05) is 18.0 Å². The molecule has 1 heterocycles. The van der Waals surface area contributed by atoms with Gasteiger partial charge in [0.15, 0.2) is 0 Å². The van der Waals surface area contributed by atoms with Gasteiger partial charge in [-0.3, -0.25) is 0 Å². The molecule has 0 unspecified atom stereocenters. The molecule has 1 aromatic rings. The quantitative estimate of drug-likeness (QED) is 0.775. The van der Waals surface area contributed by atoms with Crippen molar-refractivity contribution in [3.05, 3.63) is 29.8 Å². The molecular weight excluding hydrogens is 239 g/mol. The van der Waals surface area contributed by atoms with Crippen LogP contribution in [-0.4, -0.2) is 19.3 Å². The second-order valence-corrected chi connectivity index (χ2v) is 5.32. The summed E-state index contributed by atoms with van der Waals surface area (Å²) in [6, 6.07) is 7.00. The number of alkyl halides is 3. The zero-order valence-electron chi connectivity index (χ0n) is 10.1. The van der Waals surface area contributed by atoms with E-state index in [1.165, 1.54) is 12.8 Å². The lowest BCUT2D eigenvalue weighted by atomic mass is 9.95. The Kier molecular flexibility index (Phi) is 2.57. The topological polar surface area (TPSA) is 3.24 Å². The summed E-state index contributed by atoms with van der Waals surface area (Å²) in [6.45, 7) is 2.04. The minimum atomic E-state index is -4.11.